The molecular formula is C16H19Cl2IN2O3. The third-order valence-electron chi connectivity index (χ3n) is 3.26. The Kier molecular flexibility index (Phi) is 6.28. The van der Waals surface area contributed by atoms with Crippen LogP contribution in [-0.4, -0.2) is 34.4 Å². The first-order chi connectivity index (χ1) is 11.1. The average Bonchev–Trinajstić information content (AvgIpc) is 2.77. The number of hydrogen-bond donors (Lipinski definition) is 3. The van der Waals surface area contributed by atoms with Gasteiger partial charge in [0, 0.05) is 21.1 Å². The average molecular weight is 485 g/mol. The van der Waals surface area contributed by atoms with Gasteiger partial charge in [0.2, 0.25) is 0 Å². The number of hydrogen-bond acceptors (Lipinski definition) is 3. The van der Waals surface area contributed by atoms with Crippen LogP contribution in [0.3, 0.4) is 0 Å². The first kappa shape index (κ1) is 19.6. The standard InChI is InChI=1S/C16H19Cl2IN2O3/c1-16(2,3)24-15(23)20-8(7-22)6-11-13(19)9-4-5-10(17)12(18)14(9)21-11/h4-5,8,21-22H,6-7H2,1-3H3,(H,20,23). The van der Waals surface area contributed by atoms with Gasteiger partial charge in [-0.1, -0.05) is 29.3 Å². The molecule has 2 aromatic rings. The van der Waals surface area contributed by atoms with Gasteiger partial charge in [-0.25, -0.2) is 4.79 Å². The van der Waals surface area contributed by atoms with Crippen molar-refractivity contribution in [2.75, 3.05) is 6.61 Å². The highest BCUT2D eigenvalue weighted by atomic mass is 127. The zero-order chi connectivity index (χ0) is 18.1. The van der Waals surface area contributed by atoms with Crippen LogP contribution in [0, 0.1) is 3.57 Å². The number of aliphatic hydroxyl groups excluding tert-OH is 1. The molecule has 0 saturated heterocycles. The van der Waals surface area contributed by atoms with Crippen molar-refractivity contribution in [2.24, 2.45) is 0 Å². The minimum Gasteiger partial charge on any atom is -0.444 e. The van der Waals surface area contributed by atoms with Crippen molar-refractivity contribution in [3.8, 4) is 0 Å². The number of benzene rings is 1. The van der Waals surface area contributed by atoms with E-state index < -0.39 is 17.7 Å². The maximum absolute atomic E-state index is 11.9. The van der Waals surface area contributed by atoms with Crippen LogP contribution in [0.2, 0.25) is 10.0 Å². The van der Waals surface area contributed by atoms with Gasteiger partial charge >= 0.3 is 6.09 Å². The van der Waals surface area contributed by atoms with Crippen LogP contribution in [0.4, 0.5) is 4.79 Å². The van der Waals surface area contributed by atoms with Gasteiger partial charge in [-0.05, 0) is 49.4 Å². The number of carbonyl (C=O) groups is 1. The van der Waals surface area contributed by atoms with Gasteiger partial charge in [0.1, 0.15) is 5.60 Å². The van der Waals surface area contributed by atoms with Crippen molar-refractivity contribution >= 4 is 62.8 Å². The third kappa shape index (κ3) is 4.68. The Balaban J connectivity index is 2.19. The summed E-state index contributed by atoms with van der Waals surface area (Å²) in [5.74, 6) is 0. The van der Waals surface area contributed by atoms with Crippen LogP contribution in [-0.2, 0) is 11.2 Å². The van der Waals surface area contributed by atoms with Gasteiger partial charge in [0.15, 0.2) is 0 Å². The fourth-order valence-electron chi connectivity index (χ4n) is 2.25. The number of aliphatic hydroxyl groups is 1. The van der Waals surface area contributed by atoms with Gasteiger partial charge in [0.25, 0.3) is 0 Å². The Labute approximate surface area is 164 Å². The van der Waals surface area contributed by atoms with E-state index >= 15 is 0 Å². The number of fused-ring (bicyclic) bond motifs is 1. The lowest BCUT2D eigenvalue weighted by Crippen LogP contribution is -2.42. The molecule has 1 heterocycles. The Morgan fingerprint density at radius 2 is 2.08 bits per heavy atom. The normalized spacial score (nSPS) is 13.1. The largest absolute Gasteiger partial charge is 0.444 e. The van der Waals surface area contributed by atoms with E-state index in [-0.39, 0.29) is 6.61 Å². The number of halogens is 3. The second-order valence-electron chi connectivity index (χ2n) is 6.43. The minimum absolute atomic E-state index is 0.209. The van der Waals surface area contributed by atoms with Gasteiger partial charge in [0.05, 0.1) is 28.2 Å². The van der Waals surface area contributed by atoms with Gasteiger partial charge in [-0.2, -0.15) is 0 Å². The molecule has 0 aliphatic heterocycles. The van der Waals surface area contributed by atoms with E-state index in [2.05, 4.69) is 32.9 Å². The number of H-pyrrole nitrogens is 1. The summed E-state index contributed by atoms with van der Waals surface area (Å²) in [5.41, 5.74) is 1.02. The summed E-state index contributed by atoms with van der Waals surface area (Å²) in [6.07, 6.45) is -0.148. The smallest absolute Gasteiger partial charge is 0.407 e. The number of nitrogens with one attached hydrogen (secondary N) is 2. The monoisotopic (exact) mass is 484 g/mol. The van der Waals surface area contributed by atoms with E-state index in [1.807, 2.05) is 6.07 Å². The fourth-order valence-corrected chi connectivity index (χ4v) is 3.42. The molecule has 2 rings (SSSR count). The minimum atomic E-state index is -0.593. The quantitative estimate of drug-likeness (QED) is 0.559. The lowest BCUT2D eigenvalue weighted by molar-refractivity contribution is 0.0482. The van der Waals surface area contributed by atoms with Crippen LogP contribution in [0.15, 0.2) is 12.1 Å². The van der Waals surface area contributed by atoms with Crippen LogP contribution in [0.25, 0.3) is 10.9 Å². The topological polar surface area (TPSA) is 74.3 Å². The lowest BCUT2D eigenvalue weighted by atomic mass is 10.1. The highest BCUT2D eigenvalue weighted by Gasteiger charge is 2.21. The maximum atomic E-state index is 11.9. The first-order valence-electron chi connectivity index (χ1n) is 7.36. The molecule has 0 radical (unpaired) electrons. The molecule has 0 spiro atoms. The van der Waals surface area contributed by atoms with Crippen LogP contribution < -0.4 is 5.32 Å². The first-order valence-corrected chi connectivity index (χ1v) is 9.20. The highest BCUT2D eigenvalue weighted by Crippen LogP contribution is 2.34. The van der Waals surface area contributed by atoms with Gasteiger partial charge in [-0.15, -0.1) is 0 Å². The lowest BCUT2D eigenvalue weighted by Gasteiger charge is -2.22. The van der Waals surface area contributed by atoms with Crippen molar-refractivity contribution in [1.29, 1.82) is 0 Å². The molecule has 5 nitrogen and oxygen atoms in total. The predicted octanol–water partition coefficient (Wildman–Crippen LogP) is 4.51. The fraction of sp³-hybridized carbons (Fsp3) is 0.438. The molecule has 0 aliphatic carbocycles. The Bertz CT molecular complexity index is 756. The molecule has 1 amide bonds. The molecular weight excluding hydrogens is 466 g/mol. The molecule has 1 atom stereocenters. The van der Waals surface area contributed by atoms with E-state index in [1.54, 1.807) is 26.8 Å². The third-order valence-corrected chi connectivity index (χ3v) is 5.30. The number of ether oxygens (including phenoxy) is 1. The predicted molar refractivity (Wildman–Crippen MR) is 105 cm³/mol. The molecule has 0 aliphatic rings. The molecule has 132 valence electrons. The number of amides is 1. The number of carbonyl (C=O) groups excluding carboxylic acids is 1. The van der Waals surface area contributed by atoms with Crippen molar-refractivity contribution in [3.05, 3.63) is 31.4 Å². The number of aromatic nitrogens is 1. The van der Waals surface area contributed by atoms with E-state index in [9.17, 15) is 9.90 Å². The zero-order valence-electron chi connectivity index (χ0n) is 13.5. The maximum Gasteiger partial charge on any atom is 0.407 e. The van der Waals surface area contributed by atoms with E-state index in [4.69, 9.17) is 27.9 Å². The summed E-state index contributed by atoms with van der Waals surface area (Å²) < 4.78 is 6.20. The summed E-state index contributed by atoms with van der Waals surface area (Å²) in [6.45, 7) is 5.14. The molecule has 24 heavy (non-hydrogen) atoms. The molecule has 3 N–H and O–H groups in total. The van der Waals surface area contributed by atoms with Crippen molar-refractivity contribution in [2.45, 2.75) is 38.8 Å². The van der Waals surface area contributed by atoms with Crippen LogP contribution in [0.1, 0.15) is 26.5 Å². The Hall–Kier alpha value is -0.700. The summed E-state index contributed by atoms with van der Waals surface area (Å²) in [6, 6.07) is 3.16. The SMILES string of the molecule is CC(C)(C)OC(=O)NC(CO)Cc1[nH]c2c(Cl)c(Cl)ccc2c1I. The molecule has 0 fully saturated rings. The van der Waals surface area contributed by atoms with E-state index in [1.165, 1.54) is 0 Å². The number of alkyl carbamates (subject to hydrolysis) is 1. The van der Waals surface area contributed by atoms with Crippen LogP contribution in [0.5, 0.6) is 0 Å². The molecule has 1 aromatic carbocycles. The second-order valence-corrected chi connectivity index (χ2v) is 8.30. The summed E-state index contributed by atoms with van der Waals surface area (Å²) in [4.78, 5) is 15.1. The molecule has 1 aromatic heterocycles. The molecule has 1 unspecified atom stereocenters. The van der Waals surface area contributed by atoms with E-state index in [0.29, 0.717) is 16.5 Å². The Morgan fingerprint density at radius 1 is 1.42 bits per heavy atom. The molecule has 0 saturated carbocycles. The number of aromatic amines is 1. The molecule has 0 bridgehead atoms. The second kappa shape index (κ2) is 7.68. The highest BCUT2D eigenvalue weighted by molar-refractivity contribution is 14.1. The zero-order valence-corrected chi connectivity index (χ0v) is 17.2. The van der Waals surface area contributed by atoms with E-state index in [0.717, 1.165) is 20.2 Å². The Morgan fingerprint density at radius 3 is 2.67 bits per heavy atom. The van der Waals surface area contributed by atoms with Crippen LogP contribution >= 0.6 is 45.8 Å². The number of rotatable bonds is 4. The van der Waals surface area contributed by atoms with Crippen molar-refractivity contribution < 1.29 is 14.6 Å². The molecule has 8 heteroatoms. The van der Waals surface area contributed by atoms with Crippen molar-refractivity contribution in [1.82, 2.24) is 10.3 Å². The summed E-state index contributed by atoms with van der Waals surface area (Å²) in [7, 11) is 0. The van der Waals surface area contributed by atoms with Crippen molar-refractivity contribution in [3.63, 3.8) is 0 Å². The van der Waals surface area contributed by atoms with Gasteiger partial charge < -0.3 is 20.1 Å². The van der Waals surface area contributed by atoms with Gasteiger partial charge in [-0.3, -0.25) is 0 Å². The summed E-state index contributed by atoms with van der Waals surface area (Å²) >= 11 is 14.5. The summed E-state index contributed by atoms with van der Waals surface area (Å²) in [5, 5.41) is 14.1.